The van der Waals surface area contributed by atoms with E-state index >= 15 is 0 Å². The highest BCUT2D eigenvalue weighted by Crippen LogP contribution is 2.28. The van der Waals surface area contributed by atoms with E-state index in [1.807, 2.05) is 0 Å². The lowest BCUT2D eigenvalue weighted by atomic mass is 10.0. The molecule has 0 aliphatic rings. The van der Waals surface area contributed by atoms with Crippen molar-refractivity contribution >= 4 is 18.4 Å². The molecule has 0 aliphatic heterocycles. The van der Waals surface area contributed by atoms with Gasteiger partial charge < -0.3 is 15.2 Å². The van der Waals surface area contributed by atoms with Crippen molar-refractivity contribution in [2.45, 2.75) is 19.1 Å². The highest BCUT2D eigenvalue weighted by Gasteiger charge is 2.29. The van der Waals surface area contributed by atoms with Crippen LogP contribution in [0.1, 0.15) is 18.5 Å². The van der Waals surface area contributed by atoms with Gasteiger partial charge in [0.2, 0.25) is 6.17 Å². The minimum Gasteiger partial charge on any atom is -0.496 e. The van der Waals surface area contributed by atoms with Gasteiger partial charge in [0.15, 0.2) is 0 Å². The largest absolute Gasteiger partial charge is 0.496 e. The van der Waals surface area contributed by atoms with Crippen LogP contribution in [0.25, 0.3) is 0 Å². The van der Waals surface area contributed by atoms with E-state index < -0.39 is 24.0 Å². The molecule has 0 bridgehead atoms. The third kappa shape index (κ3) is 4.33. The quantitative estimate of drug-likeness (QED) is 0.846. The summed E-state index contributed by atoms with van der Waals surface area (Å²) in [4.78, 5) is 11.2. The number of hydrogen-bond donors (Lipinski definition) is 1. The number of esters is 1. The molecule has 0 saturated heterocycles. The second-order valence-electron chi connectivity index (χ2n) is 3.57. The SMILES string of the molecule is CCOC(=O)C(F)[C@@H](N)c1ccc(F)cc1OC.Cl. The van der Waals surface area contributed by atoms with E-state index in [2.05, 4.69) is 4.74 Å². The number of benzene rings is 1. The first-order chi connectivity index (χ1) is 8.51. The summed E-state index contributed by atoms with van der Waals surface area (Å²) < 4.78 is 36.1. The summed E-state index contributed by atoms with van der Waals surface area (Å²) in [5.41, 5.74) is 5.83. The summed E-state index contributed by atoms with van der Waals surface area (Å²) in [6.45, 7) is 1.63. The molecule has 1 aromatic carbocycles. The van der Waals surface area contributed by atoms with E-state index in [9.17, 15) is 13.6 Å². The molecule has 2 N–H and O–H groups in total. The Morgan fingerprint density at radius 3 is 2.63 bits per heavy atom. The van der Waals surface area contributed by atoms with Crippen LogP contribution in [0.5, 0.6) is 5.75 Å². The third-order valence-corrected chi connectivity index (χ3v) is 2.38. The molecule has 1 rings (SSSR count). The maximum Gasteiger partial charge on any atom is 0.342 e. The standard InChI is InChI=1S/C12H15F2NO3.ClH/c1-3-18-12(16)10(14)11(15)8-5-4-7(13)6-9(8)17-2;/h4-6,10-11H,3,15H2,1-2H3;1H/t10?,11-;/m0./s1. The number of hydrogen-bond acceptors (Lipinski definition) is 4. The van der Waals surface area contributed by atoms with Crippen molar-refractivity contribution in [2.24, 2.45) is 5.73 Å². The molecule has 0 aromatic heterocycles. The smallest absolute Gasteiger partial charge is 0.342 e. The maximum absolute atomic E-state index is 13.7. The zero-order valence-corrected chi connectivity index (χ0v) is 11.4. The predicted molar refractivity (Wildman–Crippen MR) is 68.7 cm³/mol. The second-order valence-corrected chi connectivity index (χ2v) is 3.57. The predicted octanol–water partition coefficient (Wildman–Crippen LogP) is 2.16. The lowest BCUT2D eigenvalue weighted by Gasteiger charge is -2.18. The molecule has 4 nitrogen and oxygen atoms in total. The van der Waals surface area contributed by atoms with Crippen molar-refractivity contribution < 1.29 is 23.0 Å². The Balaban J connectivity index is 0.00000324. The Hall–Kier alpha value is -1.40. The summed E-state index contributed by atoms with van der Waals surface area (Å²) >= 11 is 0. The molecule has 7 heteroatoms. The summed E-state index contributed by atoms with van der Waals surface area (Å²) in [6, 6.07) is 2.22. The van der Waals surface area contributed by atoms with Gasteiger partial charge in [-0.3, -0.25) is 0 Å². The van der Waals surface area contributed by atoms with Gasteiger partial charge in [0, 0.05) is 11.6 Å². The molecule has 2 atom stereocenters. The molecule has 19 heavy (non-hydrogen) atoms. The molecule has 0 saturated carbocycles. The number of carbonyl (C=O) groups excluding carboxylic acids is 1. The van der Waals surface area contributed by atoms with Gasteiger partial charge in [-0.05, 0) is 13.0 Å². The minimum absolute atomic E-state index is 0. The first-order valence-corrected chi connectivity index (χ1v) is 5.41. The van der Waals surface area contributed by atoms with Gasteiger partial charge in [0.05, 0.1) is 19.8 Å². The van der Waals surface area contributed by atoms with Crippen LogP contribution in [0.3, 0.4) is 0 Å². The Morgan fingerprint density at radius 1 is 1.47 bits per heavy atom. The number of ether oxygens (including phenoxy) is 2. The average Bonchev–Trinajstić information content (AvgIpc) is 2.37. The lowest BCUT2D eigenvalue weighted by Crippen LogP contribution is -2.31. The minimum atomic E-state index is -2.02. The maximum atomic E-state index is 13.7. The first kappa shape index (κ1) is 17.6. The van der Waals surface area contributed by atoms with E-state index in [0.29, 0.717) is 0 Å². The Kier molecular flexibility index (Phi) is 7.33. The van der Waals surface area contributed by atoms with Gasteiger partial charge in [-0.25, -0.2) is 13.6 Å². The van der Waals surface area contributed by atoms with Crippen molar-refractivity contribution in [2.75, 3.05) is 13.7 Å². The molecule has 0 heterocycles. The molecule has 1 unspecified atom stereocenters. The zero-order chi connectivity index (χ0) is 13.7. The van der Waals surface area contributed by atoms with Gasteiger partial charge in [0.1, 0.15) is 11.6 Å². The summed E-state index contributed by atoms with van der Waals surface area (Å²) in [5, 5.41) is 0. The number of carbonyl (C=O) groups is 1. The fourth-order valence-corrected chi connectivity index (χ4v) is 1.49. The number of nitrogens with two attached hydrogens (primary N) is 1. The fourth-order valence-electron chi connectivity index (χ4n) is 1.49. The van der Waals surface area contributed by atoms with Gasteiger partial charge in [-0.1, -0.05) is 6.07 Å². The second kappa shape index (κ2) is 7.91. The van der Waals surface area contributed by atoms with E-state index in [4.69, 9.17) is 10.5 Å². The van der Waals surface area contributed by atoms with E-state index in [1.54, 1.807) is 6.92 Å². The van der Waals surface area contributed by atoms with Crippen LogP contribution in [0, 0.1) is 5.82 Å². The number of rotatable bonds is 5. The Morgan fingerprint density at radius 2 is 2.11 bits per heavy atom. The third-order valence-electron chi connectivity index (χ3n) is 2.38. The fraction of sp³-hybridized carbons (Fsp3) is 0.417. The first-order valence-electron chi connectivity index (χ1n) is 5.41. The van der Waals surface area contributed by atoms with Crippen molar-refractivity contribution in [3.63, 3.8) is 0 Å². The Bertz CT molecular complexity index is 431. The van der Waals surface area contributed by atoms with Crippen LogP contribution < -0.4 is 10.5 Å². The lowest BCUT2D eigenvalue weighted by molar-refractivity contribution is -0.149. The van der Waals surface area contributed by atoms with Crippen LogP contribution in [0.4, 0.5) is 8.78 Å². The van der Waals surface area contributed by atoms with Crippen LogP contribution >= 0.6 is 12.4 Å². The monoisotopic (exact) mass is 295 g/mol. The average molecular weight is 296 g/mol. The van der Waals surface area contributed by atoms with E-state index in [-0.39, 0.29) is 30.3 Å². The molecular formula is C12H16ClF2NO3. The van der Waals surface area contributed by atoms with Crippen LogP contribution in [0.2, 0.25) is 0 Å². The van der Waals surface area contributed by atoms with Crippen LogP contribution in [-0.2, 0) is 9.53 Å². The summed E-state index contributed by atoms with van der Waals surface area (Å²) in [5.74, 6) is -1.49. The van der Waals surface area contributed by atoms with E-state index in [0.717, 1.165) is 12.1 Å². The number of methoxy groups -OCH3 is 1. The molecule has 0 amide bonds. The highest BCUT2D eigenvalue weighted by atomic mass is 35.5. The highest BCUT2D eigenvalue weighted by molar-refractivity contribution is 5.85. The molecule has 0 spiro atoms. The topological polar surface area (TPSA) is 61.5 Å². The normalized spacial score (nSPS) is 13.1. The van der Waals surface area contributed by atoms with Gasteiger partial charge in [-0.15, -0.1) is 12.4 Å². The van der Waals surface area contributed by atoms with E-state index in [1.165, 1.54) is 13.2 Å². The Labute approximate surface area is 116 Å². The number of alkyl halides is 1. The summed E-state index contributed by atoms with van der Waals surface area (Å²) in [6.07, 6.45) is -2.02. The van der Waals surface area contributed by atoms with Crippen molar-refractivity contribution in [3.05, 3.63) is 29.6 Å². The molecule has 108 valence electrons. The molecule has 1 aromatic rings. The van der Waals surface area contributed by atoms with Crippen molar-refractivity contribution in [1.29, 1.82) is 0 Å². The zero-order valence-electron chi connectivity index (χ0n) is 10.6. The molecule has 0 radical (unpaired) electrons. The number of halogens is 3. The van der Waals surface area contributed by atoms with Gasteiger partial charge >= 0.3 is 5.97 Å². The molecule has 0 fully saturated rings. The molecular weight excluding hydrogens is 280 g/mol. The van der Waals surface area contributed by atoms with Gasteiger partial charge in [-0.2, -0.15) is 0 Å². The van der Waals surface area contributed by atoms with Crippen molar-refractivity contribution in [1.82, 2.24) is 0 Å². The molecule has 0 aliphatic carbocycles. The van der Waals surface area contributed by atoms with Crippen LogP contribution in [-0.4, -0.2) is 25.9 Å². The van der Waals surface area contributed by atoms with Gasteiger partial charge in [0.25, 0.3) is 0 Å². The van der Waals surface area contributed by atoms with Crippen LogP contribution in [0.15, 0.2) is 18.2 Å². The summed E-state index contributed by atoms with van der Waals surface area (Å²) in [7, 11) is 1.31. The van der Waals surface area contributed by atoms with Crippen molar-refractivity contribution in [3.8, 4) is 5.75 Å².